The molecule has 0 aliphatic rings. The van der Waals surface area contributed by atoms with E-state index in [-0.39, 0.29) is 20.3 Å². The van der Waals surface area contributed by atoms with Crippen LogP contribution in [0.15, 0.2) is 19.0 Å². The van der Waals surface area contributed by atoms with E-state index in [1.807, 2.05) is 0 Å². The van der Waals surface area contributed by atoms with Crippen LogP contribution < -0.4 is 18.9 Å². The summed E-state index contributed by atoms with van der Waals surface area (Å²) in [5.41, 5.74) is 0. The SMILES string of the molecule is [H-].[Li+].c1ncncn1. The van der Waals surface area contributed by atoms with E-state index in [1.54, 1.807) is 0 Å². The summed E-state index contributed by atoms with van der Waals surface area (Å²) in [7, 11) is 0. The average molecular weight is 89.0 g/mol. The average Bonchev–Trinajstić information content (AvgIpc) is 1.72. The Morgan fingerprint density at radius 2 is 1.14 bits per heavy atom. The van der Waals surface area contributed by atoms with E-state index in [0.717, 1.165) is 0 Å². The maximum absolute atomic E-state index is 3.56. The predicted octanol–water partition coefficient (Wildman–Crippen LogP) is -3.01. The topological polar surface area (TPSA) is 38.7 Å². The van der Waals surface area contributed by atoms with Gasteiger partial charge in [-0.05, 0) is 0 Å². The molecule has 1 aromatic heterocycles. The minimum atomic E-state index is 0. The van der Waals surface area contributed by atoms with Crippen LogP contribution in [0.5, 0.6) is 0 Å². The Balaban J connectivity index is 0. The van der Waals surface area contributed by atoms with E-state index in [0.29, 0.717) is 0 Å². The second-order valence-electron chi connectivity index (χ2n) is 0.794. The molecule has 0 bridgehead atoms. The molecular weight excluding hydrogens is 85.0 g/mol. The van der Waals surface area contributed by atoms with Gasteiger partial charge < -0.3 is 1.43 Å². The third-order valence-electron chi connectivity index (χ3n) is 0.400. The molecule has 4 heteroatoms. The smallest absolute Gasteiger partial charge is 1.00 e. The molecule has 1 rings (SSSR count). The molecule has 0 aliphatic carbocycles. The first-order valence-electron chi connectivity index (χ1n) is 1.55. The van der Waals surface area contributed by atoms with Crippen molar-refractivity contribution in [2.45, 2.75) is 0 Å². The van der Waals surface area contributed by atoms with Crippen molar-refractivity contribution in [1.82, 2.24) is 15.0 Å². The van der Waals surface area contributed by atoms with Gasteiger partial charge in [-0.25, -0.2) is 15.0 Å². The summed E-state index contributed by atoms with van der Waals surface area (Å²) in [6.45, 7) is 0. The van der Waals surface area contributed by atoms with Crippen molar-refractivity contribution in [3.05, 3.63) is 19.0 Å². The normalized spacial score (nSPS) is 6.86. The number of nitrogens with zero attached hydrogens (tertiary/aromatic N) is 3. The predicted molar refractivity (Wildman–Crippen MR) is 20.9 cm³/mol. The van der Waals surface area contributed by atoms with Crippen LogP contribution in [0.4, 0.5) is 0 Å². The summed E-state index contributed by atoms with van der Waals surface area (Å²) >= 11 is 0. The van der Waals surface area contributed by atoms with Gasteiger partial charge in [-0.3, -0.25) is 0 Å². The second-order valence-corrected chi connectivity index (χ2v) is 0.794. The molecule has 0 N–H and O–H groups in total. The first kappa shape index (κ1) is 6.61. The summed E-state index contributed by atoms with van der Waals surface area (Å²) in [5, 5.41) is 0. The van der Waals surface area contributed by atoms with Gasteiger partial charge in [0.1, 0.15) is 19.0 Å². The van der Waals surface area contributed by atoms with Gasteiger partial charge >= 0.3 is 18.9 Å². The zero-order valence-corrected chi connectivity index (χ0v) is 4.07. The van der Waals surface area contributed by atoms with Crippen molar-refractivity contribution < 1.29 is 20.3 Å². The number of aromatic nitrogens is 3. The molecule has 0 aliphatic heterocycles. The molecule has 0 amide bonds. The summed E-state index contributed by atoms with van der Waals surface area (Å²) in [6.07, 6.45) is 4.31. The van der Waals surface area contributed by atoms with Gasteiger partial charge in [0.2, 0.25) is 0 Å². The van der Waals surface area contributed by atoms with Crippen molar-refractivity contribution in [3.8, 4) is 0 Å². The van der Waals surface area contributed by atoms with Gasteiger partial charge in [0.15, 0.2) is 0 Å². The van der Waals surface area contributed by atoms with E-state index < -0.39 is 0 Å². The first-order valence-corrected chi connectivity index (χ1v) is 1.55. The van der Waals surface area contributed by atoms with Gasteiger partial charge in [0.05, 0.1) is 0 Å². The van der Waals surface area contributed by atoms with Crippen LogP contribution in [0.2, 0.25) is 0 Å². The number of rotatable bonds is 0. The van der Waals surface area contributed by atoms with Crippen molar-refractivity contribution in [2.75, 3.05) is 0 Å². The van der Waals surface area contributed by atoms with Gasteiger partial charge in [-0.15, -0.1) is 0 Å². The molecule has 1 heterocycles. The Kier molecular flexibility index (Phi) is 3.57. The summed E-state index contributed by atoms with van der Waals surface area (Å²) < 4.78 is 0. The number of hydrogen-bond acceptors (Lipinski definition) is 3. The van der Waals surface area contributed by atoms with Crippen LogP contribution >= 0.6 is 0 Å². The van der Waals surface area contributed by atoms with Crippen molar-refractivity contribution in [2.24, 2.45) is 0 Å². The molecule has 1 aromatic rings. The number of hydrogen-bond donors (Lipinski definition) is 0. The summed E-state index contributed by atoms with van der Waals surface area (Å²) in [6, 6.07) is 0. The van der Waals surface area contributed by atoms with E-state index >= 15 is 0 Å². The molecule has 0 saturated carbocycles. The first-order chi connectivity index (χ1) is 3.00. The molecule has 0 atom stereocenters. The van der Waals surface area contributed by atoms with Gasteiger partial charge in [0, 0.05) is 0 Å². The Hall–Kier alpha value is -0.393. The van der Waals surface area contributed by atoms with Crippen LogP contribution in [0.3, 0.4) is 0 Å². The summed E-state index contributed by atoms with van der Waals surface area (Å²) in [5.74, 6) is 0. The Morgan fingerprint density at radius 1 is 0.857 bits per heavy atom. The van der Waals surface area contributed by atoms with E-state index in [2.05, 4.69) is 15.0 Å². The Bertz CT molecular complexity index is 86.5. The third kappa shape index (κ3) is 2.32. The van der Waals surface area contributed by atoms with Gasteiger partial charge in [-0.1, -0.05) is 0 Å². The fourth-order valence-electron chi connectivity index (χ4n) is 0.205. The van der Waals surface area contributed by atoms with E-state index in [1.165, 1.54) is 19.0 Å². The zero-order chi connectivity index (χ0) is 4.24. The second kappa shape index (κ2) is 3.79. The van der Waals surface area contributed by atoms with Crippen LogP contribution in [-0.2, 0) is 0 Å². The fraction of sp³-hybridized carbons (Fsp3) is 0. The van der Waals surface area contributed by atoms with E-state index in [4.69, 9.17) is 0 Å². The fourth-order valence-corrected chi connectivity index (χ4v) is 0.205. The van der Waals surface area contributed by atoms with Gasteiger partial charge in [-0.2, -0.15) is 0 Å². The van der Waals surface area contributed by atoms with Gasteiger partial charge in [0.25, 0.3) is 0 Å². The Labute approximate surface area is 54.9 Å². The molecule has 7 heavy (non-hydrogen) atoms. The van der Waals surface area contributed by atoms with Crippen molar-refractivity contribution in [3.63, 3.8) is 0 Å². The molecule has 0 spiro atoms. The molecule has 3 nitrogen and oxygen atoms in total. The maximum atomic E-state index is 3.56. The van der Waals surface area contributed by atoms with Crippen molar-refractivity contribution in [1.29, 1.82) is 0 Å². The minimum absolute atomic E-state index is 0. The molecule has 32 valence electrons. The van der Waals surface area contributed by atoms with Crippen molar-refractivity contribution >= 4 is 0 Å². The van der Waals surface area contributed by atoms with Crippen LogP contribution in [0.25, 0.3) is 0 Å². The minimum Gasteiger partial charge on any atom is -1.00 e. The van der Waals surface area contributed by atoms with Crippen LogP contribution in [-0.4, -0.2) is 15.0 Å². The third-order valence-corrected chi connectivity index (χ3v) is 0.400. The molecule has 0 aromatic carbocycles. The van der Waals surface area contributed by atoms with Crippen LogP contribution in [0, 0.1) is 0 Å². The Morgan fingerprint density at radius 3 is 1.29 bits per heavy atom. The summed E-state index contributed by atoms with van der Waals surface area (Å²) in [4.78, 5) is 10.7. The molecule has 0 saturated heterocycles. The molecule has 0 unspecified atom stereocenters. The monoisotopic (exact) mass is 89.1 g/mol. The largest absolute Gasteiger partial charge is 1.00 e. The maximum Gasteiger partial charge on any atom is 1.00 e. The molecular formula is C3H4LiN3. The van der Waals surface area contributed by atoms with Crippen LogP contribution in [0.1, 0.15) is 1.43 Å². The van der Waals surface area contributed by atoms with E-state index in [9.17, 15) is 0 Å². The zero-order valence-electron chi connectivity index (χ0n) is 5.07. The standard InChI is InChI=1S/C3H3N3.Li.H/c1-4-2-6-3-5-1;;/h1-3H;;/q;+1;-1. The quantitative estimate of drug-likeness (QED) is 0.318. The molecule has 0 fully saturated rings. The molecule has 0 radical (unpaired) electrons.